The van der Waals surface area contributed by atoms with Crippen molar-refractivity contribution in [3.63, 3.8) is 0 Å². The zero-order valence-electron chi connectivity index (χ0n) is 12.2. The van der Waals surface area contributed by atoms with Gasteiger partial charge in [0.2, 0.25) is 0 Å². The predicted octanol–water partition coefficient (Wildman–Crippen LogP) is -0.108. The van der Waals surface area contributed by atoms with E-state index in [0.29, 0.717) is 13.0 Å². The highest BCUT2D eigenvalue weighted by Crippen LogP contribution is 2.30. The van der Waals surface area contributed by atoms with Crippen LogP contribution in [0.25, 0.3) is 0 Å². The van der Waals surface area contributed by atoms with Crippen LogP contribution in [0.4, 0.5) is 0 Å². The maximum absolute atomic E-state index is 10.1. The van der Waals surface area contributed by atoms with Gasteiger partial charge in [0.1, 0.15) is 11.4 Å². The quantitative estimate of drug-likeness (QED) is 0.482. The van der Waals surface area contributed by atoms with Crippen molar-refractivity contribution in [1.82, 2.24) is 0 Å². The summed E-state index contributed by atoms with van der Waals surface area (Å²) in [5.74, 6) is 0.751. The molecule has 20 heavy (non-hydrogen) atoms. The number of rotatable bonds is 5. The molecule has 0 heterocycles. The van der Waals surface area contributed by atoms with Gasteiger partial charge in [-0.3, -0.25) is 0 Å². The summed E-state index contributed by atoms with van der Waals surface area (Å²) in [6.07, 6.45) is 0.603. The van der Waals surface area contributed by atoms with Crippen molar-refractivity contribution >= 4 is 7.32 Å². The maximum atomic E-state index is 10.1. The minimum atomic E-state index is -2.17. The lowest BCUT2D eigenvalue weighted by atomic mass is 9.84. The van der Waals surface area contributed by atoms with Gasteiger partial charge >= 0.3 is 7.32 Å². The molecule has 0 amide bonds. The number of benzene rings is 1. The van der Waals surface area contributed by atoms with E-state index in [9.17, 15) is 5.11 Å². The van der Waals surface area contributed by atoms with E-state index in [0.717, 1.165) is 5.75 Å². The summed E-state index contributed by atoms with van der Waals surface area (Å²) in [5.41, 5.74) is 3.95. The van der Waals surface area contributed by atoms with Gasteiger partial charge < -0.3 is 30.6 Å². The Kier molecular flexibility index (Phi) is 7.77. The van der Waals surface area contributed by atoms with Crippen LogP contribution in [-0.2, 0) is 0 Å². The summed E-state index contributed by atoms with van der Waals surface area (Å²) in [4.78, 5) is 0. The molecule has 0 saturated carbocycles. The second-order valence-corrected chi connectivity index (χ2v) is 5.09. The minimum Gasteiger partial charge on any atom is -0.485 e. The molecule has 0 saturated heterocycles. The van der Waals surface area contributed by atoms with Crippen molar-refractivity contribution in [3.8, 4) is 5.75 Å². The highest BCUT2D eigenvalue weighted by Gasteiger charge is 2.41. The molecule has 0 radical (unpaired) electrons. The molecule has 6 N–H and O–H groups in total. The van der Waals surface area contributed by atoms with Gasteiger partial charge in [0.25, 0.3) is 0 Å². The van der Waals surface area contributed by atoms with Gasteiger partial charge in [0, 0.05) is 6.42 Å². The molecule has 1 atom stereocenters. The first-order valence-electron chi connectivity index (χ1n) is 6.33. The molecule has 0 aliphatic heterocycles. The van der Waals surface area contributed by atoms with Crippen molar-refractivity contribution < 1.29 is 24.9 Å². The number of aliphatic hydroxyl groups is 1. The molecule has 1 aromatic rings. The van der Waals surface area contributed by atoms with Crippen molar-refractivity contribution in [3.05, 3.63) is 30.3 Å². The fourth-order valence-corrected chi connectivity index (χ4v) is 1.51. The average Bonchev–Trinajstić information content (AvgIpc) is 2.28. The van der Waals surface area contributed by atoms with Crippen LogP contribution in [0, 0.1) is 0 Å². The van der Waals surface area contributed by atoms with Crippen molar-refractivity contribution in [2.75, 3.05) is 6.54 Å². The number of hydrogen-bond acceptors (Lipinski definition) is 6. The third-order valence-corrected chi connectivity index (χ3v) is 3.00. The van der Waals surface area contributed by atoms with Crippen LogP contribution in [-0.4, -0.2) is 45.2 Å². The fraction of sp³-hybridized carbons (Fsp3) is 0.538. The van der Waals surface area contributed by atoms with Crippen LogP contribution in [0.1, 0.15) is 27.2 Å². The molecule has 6 nitrogen and oxygen atoms in total. The first-order chi connectivity index (χ1) is 9.12. The van der Waals surface area contributed by atoms with Gasteiger partial charge in [-0.2, -0.15) is 0 Å². The first-order valence-corrected chi connectivity index (χ1v) is 6.33. The Hall–Kier alpha value is -1.12. The third-order valence-electron chi connectivity index (χ3n) is 3.00. The number of para-hydroxylation sites is 1. The smallest absolute Gasteiger partial charge is 0.485 e. The molecule has 0 bridgehead atoms. The van der Waals surface area contributed by atoms with Gasteiger partial charge in [0.15, 0.2) is 0 Å². The Morgan fingerprint density at radius 1 is 1.10 bits per heavy atom. The van der Waals surface area contributed by atoms with Crippen molar-refractivity contribution in [2.45, 2.75) is 38.4 Å². The Bertz CT molecular complexity index is 366. The lowest BCUT2D eigenvalue weighted by Crippen LogP contribution is -2.53. The van der Waals surface area contributed by atoms with E-state index >= 15 is 0 Å². The van der Waals surface area contributed by atoms with Crippen LogP contribution in [0.3, 0.4) is 0 Å². The van der Waals surface area contributed by atoms with Gasteiger partial charge in [-0.15, -0.1) is 0 Å². The summed E-state index contributed by atoms with van der Waals surface area (Å²) in [6.45, 7) is 5.84. The van der Waals surface area contributed by atoms with Crippen LogP contribution in [0.5, 0.6) is 5.75 Å². The van der Waals surface area contributed by atoms with E-state index in [1.165, 1.54) is 0 Å². The average molecular weight is 285 g/mol. The molecule has 1 rings (SSSR count). The van der Waals surface area contributed by atoms with Crippen molar-refractivity contribution in [2.24, 2.45) is 5.73 Å². The standard InChI is InChI=1S/C13H21NO2.BH3O3/c1-12(2,15)13(3,9-10-14)16-11-7-5-4-6-8-11;2-1(3)4/h4-8,15H,9-10,14H2,1-3H3;2-4H. The normalized spacial score (nSPS) is 13.8. The molecule has 0 aromatic heterocycles. The van der Waals surface area contributed by atoms with Gasteiger partial charge in [-0.05, 0) is 39.4 Å². The second-order valence-electron chi connectivity index (χ2n) is 5.09. The van der Waals surface area contributed by atoms with Crippen molar-refractivity contribution in [1.29, 1.82) is 0 Å². The first kappa shape index (κ1) is 18.9. The van der Waals surface area contributed by atoms with Crippen LogP contribution in [0.2, 0.25) is 0 Å². The highest BCUT2D eigenvalue weighted by atomic mass is 16.5. The summed E-state index contributed by atoms with van der Waals surface area (Å²) in [5, 5.41) is 31.6. The highest BCUT2D eigenvalue weighted by molar-refractivity contribution is 6.30. The molecule has 1 unspecified atom stereocenters. The molecule has 114 valence electrons. The zero-order valence-corrected chi connectivity index (χ0v) is 12.2. The molecule has 0 spiro atoms. The molecule has 0 fully saturated rings. The summed E-state index contributed by atoms with van der Waals surface area (Å²) >= 11 is 0. The fourth-order valence-electron chi connectivity index (χ4n) is 1.51. The topological polar surface area (TPSA) is 116 Å². The number of nitrogens with two attached hydrogens (primary N) is 1. The lowest BCUT2D eigenvalue weighted by molar-refractivity contribution is -0.105. The van der Waals surface area contributed by atoms with E-state index in [2.05, 4.69) is 0 Å². The molecule has 0 aliphatic rings. The zero-order chi connectivity index (χ0) is 15.8. The predicted molar refractivity (Wildman–Crippen MR) is 77.9 cm³/mol. The van der Waals surface area contributed by atoms with E-state index in [1.54, 1.807) is 13.8 Å². The molecular formula is C13H24BNO5. The molecule has 7 heteroatoms. The minimum absolute atomic E-state index is 0.479. The molecule has 1 aromatic carbocycles. The van der Waals surface area contributed by atoms with E-state index in [-0.39, 0.29) is 0 Å². The SMILES string of the molecule is CC(C)(O)C(C)(CCN)Oc1ccccc1.OB(O)O. The summed E-state index contributed by atoms with van der Waals surface area (Å²) < 4.78 is 5.88. The van der Waals surface area contributed by atoms with Crippen LogP contribution >= 0.6 is 0 Å². The Labute approximate surface area is 120 Å². The summed E-state index contributed by atoms with van der Waals surface area (Å²) in [6, 6.07) is 9.49. The van der Waals surface area contributed by atoms with Gasteiger partial charge in [0.05, 0.1) is 5.60 Å². The largest absolute Gasteiger partial charge is 0.631 e. The van der Waals surface area contributed by atoms with Crippen LogP contribution < -0.4 is 10.5 Å². The van der Waals surface area contributed by atoms with E-state index in [4.69, 9.17) is 25.5 Å². The lowest BCUT2D eigenvalue weighted by Gasteiger charge is -2.40. The Morgan fingerprint density at radius 3 is 1.90 bits per heavy atom. The third kappa shape index (κ3) is 6.88. The Balaban J connectivity index is 0.000000796. The maximum Gasteiger partial charge on any atom is 0.631 e. The van der Waals surface area contributed by atoms with Gasteiger partial charge in [-0.25, -0.2) is 0 Å². The number of ether oxygens (including phenoxy) is 1. The number of hydrogen-bond donors (Lipinski definition) is 5. The Morgan fingerprint density at radius 2 is 1.55 bits per heavy atom. The summed E-state index contributed by atoms with van der Waals surface area (Å²) in [7, 11) is -2.17. The van der Waals surface area contributed by atoms with E-state index < -0.39 is 18.5 Å². The second kappa shape index (κ2) is 8.23. The van der Waals surface area contributed by atoms with Gasteiger partial charge in [-0.1, -0.05) is 18.2 Å². The molecular weight excluding hydrogens is 261 g/mol. The molecule has 0 aliphatic carbocycles. The van der Waals surface area contributed by atoms with E-state index in [1.807, 2.05) is 37.3 Å². The van der Waals surface area contributed by atoms with Crippen LogP contribution in [0.15, 0.2) is 30.3 Å². The monoisotopic (exact) mass is 285 g/mol.